The first kappa shape index (κ1) is 38.1. The smallest absolute Gasteiger partial charge is 0.176 e. The van der Waals surface area contributed by atoms with Gasteiger partial charge in [0, 0.05) is 61.6 Å². The number of halogens is 1. The highest BCUT2D eigenvalue weighted by Crippen LogP contribution is 2.26. The standard InChI is InChI=1S/C20H24N2OS.C16H16N2OS.C4H9Br/c1-2-3-12-21-13-14-22(20(21)24)18-10-7-11-19(15-18)23-16-17-8-5-4-6-9-17;20-16-17-9-10-18(16)14-7-4-8-15(11-14)19-12-13-5-2-1-3-6-13;1-2-3-4-5/h4-11,15H,2-3,12-14,16H2,1H3;1-8,11H,9-10,12H2,(H,17,20);2-4H2,1H3. The molecule has 2 saturated heterocycles. The summed E-state index contributed by atoms with van der Waals surface area (Å²) in [5.41, 5.74) is 4.52. The van der Waals surface area contributed by atoms with Gasteiger partial charge in [0.25, 0.3) is 0 Å². The third kappa shape index (κ3) is 12.6. The molecule has 2 heterocycles. The van der Waals surface area contributed by atoms with Crippen LogP contribution in [-0.2, 0) is 13.2 Å². The summed E-state index contributed by atoms with van der Waals surface area (Å²) in [5, 5.41) is 6.03. The van der Waals surface area contributed by atoms with Crippen LogP contribution in [0.5, 0.6) is 11.5 Å². The zero-order valence-electron chi connectivity index (χ0n) is 28.7. The van der Waals surface area contributed by atoms with E-state index in [1.807, 2.05) is 66.7 Å². The quantitative estimate of drug-likeness (QED) is 0.107. The number of unbranched alkanes of at least 4 members (excludes halogenated alkanes) is 2. The van der Waals surface area contributed by atoms with Gasteiger partial charge in [-0.2, -0.15) is 0 Å². The van der Waals surface area contributed by atoms with Crippen LogP contribution in [0.4, 0.5) is 11.4 Å². The van der Waals surface area contributed by atoms with Gasteiger partial charge in [-0.25, -0.2) is 0 Å². The summed E-state index contributed by atoms with van der Waals surface area (Å²) in [4.78, 5) is 6.60. The third-order valence-electron chi connectivity index (χ3n) is 7.98. The zero-order chi connectivity index (χ0) is 34.7. The van der Waals surface area contributed by atoms with Crippen LogP contribution in [0.1, 0.15) is 50.7 Å². The van der Waals surface area contributed by atoms with Crippen molar-refractivity contribution in [3.05, 3.63) is 120 Å². The molecule has 0 aliphatic carbocycles. The van der Waals surface area contributed by atoms with Crippen molar-refractivity contribution < 1.29 is 9.47 Å². The molecule has 0 atom stereocenters. The lowest BCUT2D eigenvalue weighted by Gasteiger charge is -2.22. The SMILES string of the molecule is CCCCBr.CCCCN1CCN(c2cccc(OCc3ccccc3)c2)C1=S.S=C1NCCN1c1cccc(OCc2ccccc2)c1. The van der Waals surface area contributed by atoms with Gasteiger partial charge in [0.2, 0.25) is 0 Å². The Morgan fingerprint density at radius 3 is 1.67 bits per heavy atom. The summed E-state index contributed by atoms with van der Waals surface area (Å²) < 4.78 is 11.8. The van der Waals surface area contributed by atoms with Crippen molar-refractivity contribution in [1.82, 2.24) is 10.2 Å². The first-order valence-corrected chi connectivity index (χ1v) is 19.2. The van der Waals surface area contributed by atoms with E-state index >= 15 is 0 Å². The largest absolute Gasteiger partial charge is 0.489 e. The fourth-order valence-electron chi connectivity index (χ4n) is 5.19. The van der Waals surface area contributed by atoms with Crippen LogP contribution in [0.2, 0.25) is 0 Å². The minimum absolute atomic E-state index is 0.576. The molecule has 0 radical (unpaired) electrons. The van der Waals surface area contributed by atoms with E-state index < -0.39 is 0 Å². The summed E-state index contributed by atoms with van der Waals surface area (Å²) in [6.45, 7) is 10.4. The Hall–Kier alpha value is -3.66. The molecule has 4 aromatic carbocycles. The number of alkyl halides is 1. The van der Waals surface area contributed by atoms with E-state index in [9.17, 15) is 0 Å². The summed E-state index contributed by atoms with van der Waals surface area (Å²) >= 11 is 14.2. The Labute approximate surface area is 312 Å². The van der Waals surface area contributed by atoms with Gasteiger partial charge >= 0.3 is 0 Å². The van der Waals surface area contributed by atoms with E-state index in [4.69, 9.17) is 33.9 Å². The molecular weight excluding hydrogens is 713 g/mol. The molecule has 2 fully saturated rings. The normalized spacial score (nSPS) is 13.7. The first-order chi connectivity index (χ1) is 24.0. The second-order valence-electron chi connectivity index (χ2n) is 11.7. The molecule has 0 amide bonds. The number of benzene rings is 4. The average molecular weight is 762 g/mol. The van der Waals surface area contributed by atoms with E-state index in [0.717, 1.165) is 76.7 Å². The van der Waals surface area contributed by atoms with Crippen molar-refractivity contribution in [2.45, 2.75) is 52.7 Å². The second kappa shape index (κ2) is 21.4. The first-order valence-electron chi connectivity index (χ1n) is 17.2. The molecule has 6 nitrogen and oxygen atoms in total. The van der Waals surface area contributed by atoms with E-state index in [-0.39, 0.29) is 0 Å². The number of hydrogen-bond donors (Lipinski definition) is 1. The van der Waals surface area contributed by atoms with Gasteiger partial charge in [0.05, 0.1) is 0 Å². The topological polar surface area (TPSA) is 40.2 Å². The van der Waals surface area contributed by atoms with E-state index in [2.05, 4.69) is 92.3 Å². The summed E-state index contributed by atoms with van der Waals surface area (Å²) in [5.74, 6) is 1.74. The molecule has 49 heavy (non-hydrogen) atoms. The highest BCUT2D eigenvalue weighted by Gasteiger charge is 2.25. The fourth-order valence-corrected chi connectivity index (χ4v) is 6.43. The molecule has 0 unspecified atom stereocenters. The van der Waals surface area contributed by atoms with Crippen LogP contribution in [0.15, 0.2) is 109 Å². The molecule has 0 bridgehead atoms. The van der Waals surface area contributed by atoms with Crippen molar-refractivity contribution in [3.63, 3.8) is 0 Å². The molecule has 0 aromatic heterocycles. The Morgan fingerprint density at radius 1 is 0.653 bits per heavy atom. The molecule has 0 spiro atoms. The van der Waals surface area contributed by atoms with Gasteiger partial charge in [-0.1, -0.05) is 115 Å². The Morgan fingerprint density at radius 2 is 1.20 bits per heavy atom. The van der Waals surface area contributed by atoms with Crippen molar-refractivity contribution in [1.29, 1.82) is 0 Å². The van der Waals surface area contributed by atoms with Crippen LogP contribution in [0.3, 0.4) is 0 Å². The van der Waals surface area contributed by atoms with E-state index in [1.165, 1.54) is 31.2 Å². The van der Waals surface area contributed by atoms with Crippen LogP contribution in [-0.4, -0.2) is 53.2 Å². The third-order valence-corrected chi connectivity index (χ3v) is 9.38. The molecular formula is C40H49BrN4O2S2. The van der Waals surface area contributed by atoms with Crippen molar-refractivity contribution in [3.8, 4) is 11.5 Å². The molecule has 9 heteroatoms. The van der Waals surface area contributed by atoms with Crippen LogP contribution in [0.25, 0.3) is 0 Å². The molecule has 260 valence electrons. The van der Waals surface area contributed by atoms with E-state index in [1.54, 1.807) is 0 Å². The van der Waals surface area contributed by atoms with Gasteiger partial charge in [-0.05, 0) is 72.7 Å². The predicted molar refractivity (Wildman–Crippen MR) is 218 cm³/mol. The van der Waals surface area contributed by atoms with E-state index in [0.29, 0.717) is 13.2 Å². The maximum absolute atomic E-state index is 5.94. The predicted octanol–water partition coefficient (Wildman–Crippen LogP) is 9.61. The number of rotatable bonds is 13. The van der Waals surface area contributed by atoms with Crippen LogP contribution < -0.4 is 24.6 Å². The van der Waals surface area contributed by atoms with Gasteiger partial charge in [0.15, 0.2) is 10.2 Å². The fraction of sp³-hybridized carbons (Fsp3) is 0.350. The molecule has 0 saturated carbocycles. The average Bonchev–Trinajstić information content (AvgIpc) is 3.75. The van der Waals surface area contributed by atoms with Gasteiger partial charge < -0.3 is 29.5 Å². The molecule has 2 aliphatic heterocycles. The second-order valence-corrected chi connectivity index (χ2v) is 13.3. The lowest BCUT2D eigenvalue weighted by atomic mass is 10.2. The maximum atomic E-state index is 5.94. The highest BCUT2D eigenvalue weighted by molar-refractivity contribution is 9.09. The summed E-state index contributed by atoms with van der Waals surface area (Å²) in [6.07, 6.45) is 4.99. The number of anilines is 2. The summed E-state index contributed by atoms with van der Waals surface area (Å²) in [7, 11) is 0. The van der Waals surface area contributed by atoms with Crippen LogP contribution >= 0.6 is 40.4 Å². The lowest BCUT2D eigenvalue weighted by molar-refractivity contribution is 0.306. The Kier molecular flexibility index (Phi) is 16.7. The van der Waals surface area contributed by atoms with Crippen molar-refractivity contribution in [2.24, 2.45) is 0 Å². The van der Waals surface area contributed by atoms with Crippen molar-refractivity contribution in [2.75, 3.05) is 47.9 Å². The van der Waals surface area contributed by atoms with Crippen LogP contribution in [0, 0.1) is 0 Å². The number of nitrogens with zero attached hydrogens (tertiary/aromatic N) is 3. The van der Waals surface area contributed by atoms with Gasteiger partial charge in [0.1, 0.15) is 24.7 Å². The number of hydrogen-bond acceptors (Lipinski definition) is 4. The zero-order valence-corrected chi connectivity index (χ0v) is 31.9. The van der Waals surface area contributed by atoms with Crippen molar-refractivity contribution >= 4 is 62.0 Å². The van der Waals surface area contributed by atoms with Gasteiger partial charge in [-0.15, -0.1) is 0 Å². The number of thiocarbonyl (C=S) groups is 2. The Balaban J connectivity index is 0.000000197. The van der Waals surface area contributed by atoms with Gasteiger partial charge in [-0.3, -0.25) is 0 Å². The minimum Gasteiger partial charge on any atom is -0.489 e. The number of ether oxygens (including phenoxy) is 2. The molecule has 6 rings (SSSR count). The maximum Gasteiger partial charge on any atom is 0.176 e. The monoisotopic (exact) mass is 760 g/mol. The lowest BCUT2D eigenvalue weighted by Crippen LogP contribution is -2.32. The highest BCUT2D eigenvalue weighted by atomic mass is 79.9. The summed E-state index contributed by atoms with van der Waals surface area (Å²) in [6, 6.07) is 36.7. The number of nitrogens with one attached hydrogen (secondary N) is 1. The molecule has 1 N–H and O–H groups in total. The molecule has 2 aliphatic rings. The molecule has 4 aromatic rings. The Bertz CT molecular complexity index is 1560. The minimum atomic E-state index is 0.576.